The average molecular weight is 245 g/mol. The second kappa shape index (κ2) is 6.87. The van der Waals surface area contributed by atoms with E-state index in [-0.39, 0.29) is 0 Å². The molecule has 0 fully saturated rings. The van der Waals surface area contributed by atoms with E-state index in [9.17, 15) is 0 Å². The third kappa shape index (κ3) is 3.93. The minimum atomic E-state index is 0.776. The van der Waals surface area contributed by atoms with E-state index < -0.39 is 0 Å². The van der Waals surface area contributed by atoms with Crippen molar-refractivity contribution in [3.8, 4) is 5.75 Å². The summed E-state index contributed by atoms with van der Waals surface area (Å²) >= 11 is 0. The number of rotatable bonds is 7. The number of hydrogen-bond donors (Lipinski definition) is 1. The van der Waals surface area contributed by atoms with Crippen LogP contribution in [-0.4, -0.2) is 6.61 Å². The molecule has 1 aromatic carbocycles. The topological polar surface area (TPSA) is 34.4 Å². The van der Waals surface area contributed by atoms with E-state index >= 15 is 0 Å². The molecule has 0 bridgehead atoms. The number of hydrogen-bond acceptors (Lipinski definition) is 3. The Bertz CT molecular complexity index is 434. The maximum atomic E-state index is 5.54. The van der Waals surface area contributed by atoms with Gasteiger partial charge in [-0.25, -0.2) is 0 Å². The van der Waals surface area contributed by atoms with Crippen LogP contribution >= 0.6 is 0 Å². The molecule has 3 heteroatoms. The summed E-state index contributed by atoms with van der Waals surface area (Å²) in [5.74, 6) is 0.940. The maximum Gasteiger partial charge on any atom is 0.119 e. The second-order valence-electron chi connectivity index (χ2n) is 4.23. The van der Waals surface area contributed by atoms with E-state index in [0.29, 0.717) is 0 Å². The molecule has 2 rings (SSSR count). The monoisotopic (exact) mass is 245 g/mol. The van der Waals surface area contributed by atoms with Gasteiger partial charge in [0, 0.05) is 18.7 Å². The van der Waals surface area contributed by atoms with Gasteiger partial charge in [0.2, 0.25) is 0 Å². The molecule has 3 nitrogen and oxygen atoms in total. The van der Waals surface area contributed by atoms with Gasteiger partial charge in [-0.3, -0.25) is 0 Å². The lowest BCUT2D eigenvalue weighted by atomic mass is 10.2. The van der Waals surface area contributed by atoms with Crippen LogP contribution in [0.4, 0.5) is 0 Å². The van der Waals surface area contributed by atoms with Gasteiger partial charge < -0.3 is 14.5 Å². The van der Waals surface area contributed by atoms with Crippen molar-refractivity contribution in [2.75, 3.05) is 6.61 Å². The van der Waals surface area contributed by atoms with Crippen molar-refractivity contribution in [2.24, 2.45) is 0 Å². The molecule has 0 saturated carbocycles. The molecule has 0 aliphatic heterocycles. The van der Waals surface area contributed by atoms with Crippen molar-refractivity contribution in [3.63, 3.8) is 0 Å². The first-order chi connectivity index (χ1) is 8.88. The minimum absolute atomic E-state index is 0.776. The van der Waals surface area contributed by atoms with Gasteiger partial charge in [-0.1, -0.05) is 19.1 Å². The van der Waals surface area contributed by atoms with Crippen molar-refractivity contribution in [1.82, 2.24) is 5.32 Å². The highest BCUT2D eigenvalue weighted by Gasteiger charge is 1.97. The van der Waals surface area contributed by atoms with Gasteiger partial charge in [0.15, 0.2) is 0 Å². The summed E-state index contributed by atoms with van der Waals surface area (Å²) in [4.78, 5) is 0. The van der Waals surface area contributed by atoms with E-state index in [4.69, 9.17) is 9.15 Å². The molecular weight excluding hydrogens is 226 g/mol. The molecule has 1 heterocycles. The van der Waals surface area contributed by atoms with Gasteiger partial charge in [-0.15, -0.1) is 0 Å². The number of benzene rings is 1. The van der Waals surface area contributed by atoms with Crippen LogP contribution in [0.25, 0.3) is 0 Å². The Balaban J connectivity index is 1.75. The van der Waals surface area contributed by atoms with Gasteiger partial charge in [0.25, 0.3) is 0 Å². The van der Waals surface area contributed by atoms with Gasteiger partial charge in [-0.2, -0.15) is 0 Å². The smallest absolute Gasteiger partial charge is 0.119 e. The predicted octanol–water partition coefficient (Wildman–Crippen LogP) is 3.36. The molecule has 0 aliphatic rings. The molecular formula is C15H19NO2. The highest BCUT2D eigenvalue weighted by atomic mass is 16.5. The molecule has 2 aromatic rings. The zero-order valence-corrected chi connectivity index (χ0v) is 10.7. The number of nitrogens with one attached hydrogen (secondary N) is 1. The Labute approximate surface area is 108 Å². The van der Waals surface area contributed by atoms with E-state index in [2.05, 4.69) is 24.4 Å². The molecule has 0 amide bonds. The van der Waals surface area contributed by atoms with Crippen LogP contribution in [0.1, 0.15) is 24.5 Å². The fourth-order valence-electron chi connectivity index (χ4n) is 1.67. The molecule has 0 unspecified atom stereocenters. The van der Waals surface area contributed by atoms with Gasteiger partial charge in [0.05, 0.1) is 19.1 Å². The Kier molecular flexibility index (Phi) is 4.85. The minimum Gasteiger partial charge on any atom is -0.494 e. The molecule has 0 saturated heterocycles. The van der Waals surface area contributed by atoms with E-state index in [0.717, 1.165) is 37.4 Å². The van der Waals surface area contributed by atoms with Gasteiger partial charge in [-0.05, 0) is 30.2 Å². The fourth-order valence-corrected chi connectivity index (χ4v) is 1.67. The highest BCUT2D eigenvalue weighted by Crippen LogP contribution is 2.12. The molecule has 0 aliphatic carbocycles. The largest absolute Gasteiger partial charge is 0.494 e. The quantitative estimate of drug-likeness (QED) is 0.812. The lowest BCUT2D eigenvalue weighted by molar-refractivity contribution is 0.317. The Morgan fingerprint density at radius 1 is 1.06 bits per heavy atom. The molecule has 1 aromatic heterocycles. The highest BCUT2D eigenvalue weighted by molar-refractivity contribution is 5.27. The van der Waals surface area contributed by atoms with Crippen LogP contribution in [0.3, 0.4) is 0 Å². The molecule has 0 radical (unpaired) electrons. The third-order valence-electron chi connectivity index (χ3n) is 2.63. The summed E-state index contributed by atoms with van der Waals surface area (Å²) in [5.41, 5.74) is 2.42. The molecule has 0 spiro atoms. The van der Waals surface area contributed by atoms with Crippen LogP contribution in [0.15, 0.2) is 47.3 Å². The SMILES string of the molecule is CCCOc1ccc(CNCc2ccoc2)cc1. The molecule has 0 atom stereocenters. The molecule has 18 heavy (non-hydrogen) atoms. The van der Waals surface area contributed by atoms with E-state index in [1.165, 1.54) is 5.56 Å². The Morgan fingerprint density at radius 2 is 1.83 bits per heavy atom. The number of furan rings is 1. The zero-order chi connectivity index (χ0) is 12.6. The zero-order valence-electron chi connectivity index (χ0n) is 10.7. The Morgan fingerprint density at radius 3 is 2.50 bits per heavy atom. The van der Waals surface area contributed by atoms with E-state index in [1.807, 2.05) is 18.2 Å². The van der Waals surface area contributed by atoms with Crippen LogP contribution < -0.4 is 10.1 Å². The maximum absolute atomic E-state index is 5.54. The summed E-state index contributed by atoms with van der Waals surface area (Å²) in [6.07, 6.45) is 4.49. The van der Waals surface area contributed by atoms with Crippen molar-refractivity contribution in [1.29, 1.82) is 0 Å². The normalized spacial score (nSPS) is 10.5. The summed E-state index contributed by atoms with van der Waals surface area (Å²) in [7, 11) is 0. The first kappa shape index (κ1) is 12.7. The Hall–Kier alpha value is -1.74. The van der Waals surface area contributed by atoms with Gasteiger partial charge in [0.1, 0.15) is 5.75 Å². The molecule has 1 N–H and O–H groups in total. The summed E-state index contributed by atoms with van der Waals surface area (Å²) in [5, 5.41) is 3.37. The van der Waals surface area contributed by atoms with Crippen LogP contribution in [-0.2, 0) is 13.1 Å². The summed E-state index contributed by atoms with van der Waals surface area (Å²) in [6.45, 7) is 4.55. The van der Waals surface area contributed by atoms with Crippen molar-refractivity contribution < 1.29 is 9.15 Å². The summed E-state index contributed by atoms with van der Waals surface area (Å²) in [6, 6.07) is 10.2. The summed E-state index contributed by atoms with van der Waals surface area (Å²) < 4.78 is 10.6. The van der Waals surface area contributed by atoms with Crippen molar-refractivity contribution >= 4 is 0 Å². The lowest BCUT2D eigenvalue weighted by Crippen LogP contribution is -2.11. The van der Waals surface area contributed by atoms with E-state index in [1.54, 1.807) is 12.5 Å². The third-order valence-corrected chi connectivity index (χ3v) is 2.63. The fraction of sp³-hybridized carbons (Fsp3) is 0.333. The average Bonchev–Trinajstić information content (AvgIpc) is 2.91. The first-order valence-electron chi connectivity index (χ1n) is 6.32. The van der Waals surface area contributed by atoms with Crippen molar-refractivity contribution in [2.45, 2.75) is 26.4 Å². The first-order valence-corrected chi connectivity index (χ1v) is 6.32. The number of ether oxygens (including phenoxy) is 1. The van der Waals surface area contributed by atoms with Crippen LogP contribution in [0.2, 0.25) is 0 Å². The lowest BCUT2D eigenvalue weighted by Gasteiger charge is -2.06. The molecule has 96 valence electrons. The van der Waals surface area contributed by atoms with Crippen molar-refractivity contribution in [3.05, 3.63) is 54.0 Å². The standard InChI is InChI=1S/C15H19NO2/c1-2-8-18-15-5-3-13(4-6-15)10-16-11-14-7-9-17-12-14/h3-7,9,12,16H,2,8,10-11H2,1H3. The second-order valence-corrected chi connectivity index (χ2v) is 4.23. The predicted molar refractivity (Wildman–Crippen MR) is 71.5 cm³/mol. The van der Waals surface area contributed by atoms with Gasteiger partial charge >= 0.3 is 0 Å². The van der Waals surface area contributed by atoms with Crippen LogP contribution in [0.5, 0.6) is 5.75 Å². The van der Waals surface area contributed by atoms with Crippen LogP contribution in [0, 0.1) is 0 Å².